The smallest absolute Gasteiger partial charge is 0.341 e. The monoisotopic (exact) mass is 349 g/mol. The van der Waals surface area contributed by atoms with Gasteiger partial charge < -0.3 is 14.7 Å². The molecule has 10 nitrogen and oxygen atoms in total. The van der Waals surface area contributed by atoms with Crippen LogP contribution in [0.25, 0.3) is 0 Å². The zero-order valence-corrected chi connectivity index (χ0v) is 14.7. The third-order valence-electron chi connectivity index (χ3n) is 4.32. The normalized spacial score (nSPS) is 15.5. The maximum Gasteiger partial charge on any atom is 0.346 e. The first-order valence-corrected chi connectivity index (χ1v) is 8.43. The van der Waals surface area contributed by atoms with Crippen LogP contribution in [0.1, 0.15) is 48.0 Å². The summed E-state index contributed by atoms with van der Waals surface area (Å²) in [6.07, 6.45) is 1.92. The Hall–Kier alpha value is -2.49. The summed E-state index contributed by atoms with van der Waals surface area (Å²) in [4.78, 5) is 29.8. The van der Waals surface area contributed by atoms with Crippen molar-refractivity contribution in [3.05, 3.63) is 28.0 Å². The second kappa shape index (κ2) is 7.18. The minimum atomic E-state index is -0.374. The molecule has 0 aliphatic carbocycles. The van der Waals surface area contributed by atoms with Crippen LogP contribution in [0.3, 0.4) is 0 Å². The fourth-order valence-electron chi connectivity index (χ4n) is 2.97. The molecule has 3 rings (SSSR count). The number of hydrogen-bond donors (Lipinski definition) is 1. The summed E-state index contributed by atoms with van der Waals surface area (Å²) in [5.41, 5.74) is -0.193. The molecule has 10 heteroatoms. The van der Waals surface area contributed by atoms with Crippen LogP contribution in [0, 0.1) is 0 Å². The molecule has 1 aliphatic heterocycles. The molecule has 0 saturated carbocycles. The van der Waals surface area contributed by atoms with E-state index in [2.05, 4.69) is 20.6 Å². The van der Waals surface area contributed by atoms with Crippen LogP contribution in [-0.2, 0) is 13.1 Å². The number of hydrogen-bond acceptors (Lipinski definition) is 7. The lowest BCUT2D eigenvalue weighted by atomic mass is 9.97. The first-order chi connectivity index (χ1) is 12.0. The van der Waals surface area contributed by atoms with Gasteiger partial charge in [-0.1, -0.05) is 5.16 Å². The Labute approximate surface area is 144 Å². The van der Waals surface area contributed by atoms with Gasteiger partial charge in [-0.15, -0.1) is 0 Å². The molecule has 25 heavy (non-hydrogen) atoms. The van der Waals surface area contributed by atoms with E-state index in [0.29, 0.717) is 6.54 Å². The van der Waals surface area contributed by atoms with E-state index in [1.807, 2.05) is 6.92 Å². The van der Waals surface area contributed by atoms with Crippen LogP contribution in [0.5, 0.6) is 0 Å². The average Bonchev–Trinajstić information content (AvgIpc) is 3.20. The summed E-state index contributed by atoms with van der Waals surface area (Å²) in [7, 11) is 3.20. The van der Waals surface area contributed by atoms with E-state index in [-0.39, 0.29) is 35.8 Å². The number of nitrogens with zero attached hydrogens (tertiary/aromatic N) is 6. The predicted octanol–water partition coefficient (Wildman–Crippen LogP) is -0.335. The van der Waals surface area contributed by atoms with Crippen LogP contribution < -0.4 is 11.0 Å². The van der Waals surface area contributed by atoms with E-state index in [4.69, 9.17) is 4.52 Å². The van der Waals surface area contributed by atoms with Crippen molar-refractivity contribution in [2.24, 2.45) is 0 Å². The van der Waals surface area contributed by atoms with Crippen molar-refractivity contribution in [3.8, 4) is 0 Å². The Kier molecular flexibility index (Phi) is 4.98. The van der Waals surface area contributed by atoms with Crippen molar-refractivity contribution < 1.29 is 9.32 Å². The van der Waals surface area contributed by atoms with Gasteiger partial charge in [-0.2, -0.15) is 10.1 Å². The fourth-order valence-corrected chi connectivity index (χ4v) is 2.97. The van der Waals surface area contributed by atoms with E-state index in [1.165, 1.54) is 9.58 Å². The molecule has 1 fully saturated rings. The summed E-state index contributed by atoms with van der Waals surface area (Å²) in [6.45, 7) is 4.43. The molecule has 2 aromatic rings. The molecule has 0 atom stereocenters. The molecule has 0 unspecified atom stereocenters. The van der Waals surface area contributed by atoms with Gasteiger partial charge in [-0.3, -0.25) is 9.36 Å². The lowest BCUT2D eigenvalue weighted by Crippen LogP contribution is -2.29. The summed E-state index contributed by atoms with van der Waals surface area (Å²) in [5.74, 6) is 0.862. The number of carbonyl (C=O) groups is 1. The van der Waals surface area contributed by atoms with Gasteiger partial charge in [-0.25, -0.2) is 9.48 Å². The predicted molar refractivity (Wildman–Crippen MR) is 88.4 cm³/mol. The minimum Gasteiger partial charge on any atom is -0.341 e. The lowest BCUT2D eigenvalue weighted by Gasteiger charge is -2.21. The van der Waals surface area contributed by atoms with E-state index >= 15 is 0 Å². The van der Waals surface area contributed by atoms with E-state index in [1.54, 1.807) is 18.7 Å². The molecular formula is C15H23N7O3. The van der Waals surface area contributed by atoms with Gasteiger partial charge in [0.1, 0.15) is 12.4 Å². The molecule has 0 radical (unpaired) electrons. The highest BCUT2D eigenvalue weighted by Gasteiger charge is 2.24. The molecule has 0 aromatic carbocycles. The highest BCUT2D eigenvalue weighted by molar-refractivity contribution is 5.89. The van der Waals surface area contributed by atoms with Crippen molar-refractivity contribution in [3.63, 3.8) is 0 Å². The topological polar surface area (TPSA) is 111 Å². The molecule has 1 amide bonds. The number of carbonyl (C=O) groups excluding carboxylic acids is 1. The summed E-state index contributed by atoms with van der Waals surface area (Å²) < 4.78 is 8.01. The van der Waals surface area contributed by atoms with Gasteiger partial charge in [0.2, 0.25) is 0 Å². The molecule has 136 valence electrons. The van der Waals surface area contributed by atoms with Gasteiger partial charge >= 0.3 is 17.5 Å². The van der Waals surface area contributed by atoms with Crippen molar-refractivity contribution >= 4 is 5.91 Å². The maximum absolute atomic E-state index is 12.6. The van der Waals surface area contributed by atoms with E-state index in [9.17, 15) is 9.59 Å². The quantitative estimate of drug-likeness (QED) is 0.786. The van der Waals surface area contributed by atoms with Gasteiger partial charge in [0, 0.05) is 26.6 Å². The standard InChI is InChI=1S/C15H23N7O3/c1-4-21-12(10-5-7-16-8-6-10)18-22(15(21)24)9-11-17-13(25-19-11)14(23)20(2)3/h10,16H,4-9H2,1-3H3. The Morgan fingerprint density at radius 2 is 2.08 bits per heavy atom. The van der Waals surface area contributed by atoms with Gasteiger partial charge in [0.15, 0.2) is 5.82 Å². The molecule has 1 aliphatic rings. The van der Waals surface area contributed by atoms with Crippen molar-refractivity contribution in [2.75, 3.05) is 27.2 Å². The van der Waals surface area contributed by atoms with Crippen molar-refractivity contribution in [2.45, 2.75) is 38.8 Å². The molecular weight excluding hydrogens is 326 g/mol. The third-order valence-corrected chi connectivity index (χ3v) is 4.32. The Balaban J connectivity index is 1.84. The van der Waals surface area contributed by atoms with Crippen LogP contribution >= 0.6 is 0 Å². The third kappa shape index (κ3) is 3.48. The van der Waals surface area contributed by atoms with Crippen molar-refractivity contribution in [1.82, 2.24) is 34.7 Å². The second-order valence-electron chi connectivity index (χ2n) is 6.28. The molecule has 2 aromatic heterocycles. The SMILES string of the molecule is CCn1c(C2CCNCC2)nn(Cc2noc(C(=O)N(C)C)n2)c1=O. The van der Waals surface area contributed by atoms with Crippen LogP contribution in [-0.4, -0.2) is 62.5 Å². The highest BCUT2D eigenvalue weighted by Crippen LogP contribution is 2.22. The lowest BCUT2D eigenvalue weighted by molar-refractivity contribution is 0.0779. The molecule has 1 N–H and O–H groups in total. The Bertz CT molecular complexity index is 798. The molecule has 1 saturated heterocycles. The van der Waals surface area contributed by atoms with Crippen molar-refractivity contribution in [1.29, 1.82) is 0 Å². The zero-order chi connectivity index (χ0) is 18.0. The summed E-state index contributed by atoms with van der Waals surface area (Å²) in [6, 6.07) is 0. The number of nitrogens with one attached hydrogen (secondary N) is 1. The zero-order valence-electron chi connectivity index (χ0n) is 14.7. The van der Waals surface area contributed by atoms with Gasteiger partial charge in [0.05, 0.1) is 0 Å². The molecule has 0 bridgehead atoms. The average molecular weight is 349 g/mol. The minimum absolute atomic E-state index is 0.0774. The number of aromatic nitrogens is 5. The number of piperidine rings is 1. The van der Waals surface area contributed by atoms with E-state index < -0.39 is 0 Å². The number of amides is 1. The van der Waals surface area contributed by atoms with Crippen LogP contribution in [0.15, 0.2) is 9.32 Å². The van der Waals surface area contributed by atoms with Gasteiger partial charge in [-0.05, 0) is 32.9 Å². The van der Waals surface area contributed by atoms with Crippen LogP contribution in [0.4, 0.5) is 0 Å². The maximum atomic E-state index is 12.6. The molecule has 3 heterocycles. The first kappa shape index (κ1) is 17.3. The summed E-state index contributed by atoms with van der Waals surface area (Å²) in [5, 5.41) is 11.6. The second-order valence-corrected chi connectivity index (χ2v) is 6.28. The highest BCUT2D eigenvalue weighted by atomic mass is 16.5. The Morgan fingerprint density at radius 1 is 1.36 bits per heavy atom. The first-order valence-electron chi connectivity index (χ1n) is 8.43. The number of rotatable bonds is 5. The van der Waals surface area contributed by atoms with Gasteiger partial charge in [0.25, 0.3) is 0 Å². The summed E-state index contributed by atoms with van der Waals surface area (Å²) >= 11 is 0. The van der Waals surface area contributed by atoms with Crippen LogP contribution in [0.2, 0.25) is 0 Å². The molecule has 0 spiro atoms. The largest absolute Gasteiger partial charge is 0.346 e. The Morgan fingerprint density at radius 3 is 2.72 bits per heavy atom. The fraction of sp³-hybridized carbons (Fsp3) is 0.667. The van der Waals surface area contributed by atoms with E-state index in [0.717, 1.165) is 31.8 Å².